The van der Waals surface area contributed by atoms with Gasteiger partial charge in [-0.1, -0.05) is 11.6 Å². The molecule has 0 saturated heterocycles. The molecule has 84 valence electrons. The summed E-state index contributed by atoms with van der Waals surface area (Å²) in [6.07, 6.45) is 7.65. The van der Waals surface area contributed by atoms with Crippen LogP contribution in [-0.2, 0) is 14.3 Å². The highest BCUT2D eigenvalue weighted by atomic mass is 16.5. The molecule has 1 aliphatic carbocycles. The number of rotatable bonds is 2. The Morgan fingerprint density at radius 2 is 2.44 bits per heavy atom. The molecule has 0 amide bonds. The second-order valence-corrected chi connectivity index (χ2v) is 3.73. The van der Waals surface area contributed by atoms with E-state index >= 15 is 0 Å². The first-order valence-electron chi connectivity index (χ1n) is 5.08. The van der Waals surface area contributed by atoms with E-state index in [-0.39, 0.29) is 6.04 Å². The fourth-order valence-corrected chi connectivity index (χ4v) is 1.61. The Hall–Kier alpha value is -1.84. The number of aliphatic imine (C=N–C) groups is 1. The van der Waals surface area contributed by atoms with Gasteiger partial charge < -0.3 is 9.47 Å². The van der Waals surface area contributed by atoms with Gasteiger partial charge in [0.15, 0.2) is 0 Å². The molecule has 1 aliphatic heterocycles. The second kappa shape index (κ2) is 4.35. The van der Waals surface area contributed by atoms with Crippen LogP contribution in [0.3, 0.4) is 0 Å². The van der Waals surface area contributed by atoms with Crippen molar-refractivity contribution < 1.29 is 14.3 Å². The number of esters is 1. The summed E-state index contributed by atoms with van der Waals surface area (Å²) in [6, 6.07) is 0.0716. The zero-order valence-corrected chi connectivity index (χ0v) is 9.27. The first-order chi connectivity index (χ1) is 7.69. The molecule has 0 saturated carbocycles. The molecule has 0 aromatic heterocycles. The summed E-state index contributed by atoms with van der Waals surface area (Å²) in [6.45, 7) is 2.06. The molecule has 0 aromatic rings. The average molecular weight is 219 g/mol. The van der Waals surface area contributed by atoms with Gasteiger partial charge in [-0.05, 0) is 19.4 Å². The Labute approximate surface area is 94.0 Å². The van der Waals surface area contributed by atoms with Gasteiger partial charge in [-0.3, -0.25) is 0 Å². The monoisotopic (exact) mass is 219 g/mol. The number of fused-ring (bicyclic) bond motifs is 1. The highest BCUT2D eigenvalue weighted by molar-refractivity contribution is 5.96. The van der Waals surface area contributed by atoms with Crippen LogP contribution in [0.5, 0.6) is 0 Å². The molecule has 0 fully saturated rings. The van der Waals surface area contributed by atoms with E-state index in [1.165, 1.54) is 24.8 Å². The Balaban J connectivity index is 2.05. The molecule has 0 aromatic carbocycles. The molecular formula is C12H13NO3. The number of methoxy groups -OCH3 is 1. The second-order valence-electron chi connectivity index (χ2n) is 3.73. The molecule has 2 aliphatic rings. The molecular weight excluding hydrogens is 206 g/mol. The maximum Gasteiger partial charge on any atom is 0.330 e. The summed E-state index contributed by atoms with van der Waals surface area (Å²) >= 11 is 0. The van der Waals surface area contributed by atoms with Crippen molar-refractivity contribution >= 4 is 11.9 Å². The van der Waals surface area contributed by atoms with Gasteiger partial charge in [0, 0.05) is 12.2 Å². The highest BCUT2D eigenvalue weighted by Gasteiger charge is 2.25. The van der Waals surface area contributed by atoms with Crippen molar-refractivity contribution in [2.24, 2.45) is 4.99 Å². The third kappa shape index (κ3) is 2.21. The van der Waals surface area contributed by atoms with Gasteiger partial charge in [-0.2, -0.15) is 0 Å². The van der Waals surface area contributed by atoms with E-state index in [4.69, 9.17) is 4.74 Å². The van der Waals surface area contributed by atoms with Gasteiger partial charge in [-0.15, -0.1) is 0 Å². The Kier molecular flexibility index (Phi) is 2.90. The van der Waals surface area contributed by atoms with Crippen LogP contribution < -0.4 is 0 Å². The van der Waals surface area contributed by atoms with Crippen LogP contribution in [-0.4, -0.2) is 25.0 Å². The lowest BCUT2D eigenvalue weighted by atomic mass is 10.0. The average Bonchev–Trinajstić information content (AvgIpc) is 2.67. The van der Waals surface area contributed by atoms with E-state index in [1.807, 2.05) is 12.2 Å². The van der Waals surface area contributed by atoms with E-state index in [1.54, 1.807) is 0 Å². The first-order valence-corrected chi connectivity index (χ1v) is 5.08. The van der Waals surface area contributed by atoms with Crippen molar-refractivity contribution in [3.8, 4) is 0 Å². The molecule has 2 rings (SSSR count). The van der Waals surface area contributed by atoms with E-state index in [2.05, 4.69) is 16.7 Å². The molecule has 0 radical (unpaired) electrons. The minimum Gasteiger partial charge on any atom is -0.466 e. The largest absolute Gasteiger partial charge is 0.466 e. The Morgan fingerprint density at radius 3 is 3.19 bits per heavy atom. The van der Waals surface area contributed by atoms with Gasteiger partial charge >= 0.3 is 5.97 Å². The van der Waals surface area contributed by atoms with E-state index < -0.39 is 5.97 Å². The summed E-state index contributed by atoms with van der Waals surface area (Å²) in [5, 5.41) is 0. The molecule has 0 spiro atoms. The zero-order valence-electron chi connectivity index (χ0n) is 9.27. The molecule has 0 bridgehead atoms. The number of allylic oxidation sites excluding steroid dienone is 2. The molecule has 16 heavy (non-hydrogen) atoms. The summed E-state index contributed by atoms with van der Waals surface area (Å²) in [7, 11) is 1.33. The molecule has 4 nitrogen and oxygen atoms in total. The minimum absolute atomic E-state index is 0.0716. The summed E-state index contributed by atoms with van der Waals surface area (Å²) in [5.41, 5.74) is 1.28. The molecule has 1 unspecified atom stereocenters. The maximum absolute atomic E-state index is 10.9. The fourth-order valence-electron chi connectivity index (χ4n) is 1.61. The van der Waals surface area contributed by atoms with Crippen LogP contribution in [0.15, 0.2) is 40.6 Å². The lowest BCUT2D eigenvalue weighted by Crippen LogP contribution is -2.07. The van der Waals surface area contributed by atoms with Crippen LogP contribution in [0.1, 0.15) is 13.3 Å². The summed E-state index contributed by atoms with van der Waals surface area (Å²) < 4.78 is 9.97. The third-order valence-electron chi connectivity index (χ3n) is 2.44. The quantitative estimate of drug-likeness (QED) is 0.525. The van der Waals surface area contributed by atoms with Crippen molar-refractivity contribution in [1.82, 2.24) is 0 Å². The van der Waals surface area contributed by atoms with Crippen LogP contribution in [0, 0.1) is 0 Å². The summed E-state index contributed by atoms with van der Waals surface area (Å²) in [4.78, 5) is 15.2. The number of hydrogen-bond donors (Lipinski definition) is 0. The Bertz CT molecular complexity index is 430. The number of carbonyl (C=O) groups excluding carboxylic acids is 1. The van der Waals surface area contributed by atoms with Gasteiger partial charge in [0.05, 0.1) is 7.11 Å². The standard InChI is InChI=1S/C12H13NO3/c1-8-3-4-10-9(7-8)13-11(16-10)5-6-12(14)15-2/h3-6,9H,7H2,1-2H3/b6-5+. The molecule has 4 heteroatoms. The third-order valence-corrected chi connectivity index (χ3v) is 2.44. The molecule has 1 atom stereocenters. The van der Waals surface area contributed by atoms with E-state index in [0.717, 1.165) is 12.2 Å². The number of nitrogens with zero attached hydrogens (tertiary/aromatic N) is 1. The van der Waals surface area contributed by atoms with E-state index in [0.29, 0.717) is 5.90 Å². The predicted octanol–water partition coefficient (Wildman–Crippen LogP) is 1.75. The van der Waals surface area contributed by atoms with Gasteiger partial charge in [0.25, 0.3) is 0 Å². The predicted molar refractivity (Wildman–Crippen MR) is 59.9 cm³/mol. The number of carbonyl (C=O) groups is 1. The van der Waals surface area contributed by atoms with Crippen molar-refractivity contribution in [3.63, 3.8) is 0 Å². The fraction of sp³-hybridized carbons (Fsp3) is 0.333. The minimum atomic E-state index is -0.413. The van der Waals surface area contributed by atoms with E-state index in [9.17, 15) is 4.79 Å². The number of ether oxygens (including phenoxy) is 2. The van der Waals surface area contributed by atoms with Crippen molar-refractivity contribution in [2.45, 2.75) is 19.4 Å². The summed E-state index contributed by atoms with van der Waals surface area (Å²) in [5.74, 6) is 0.893. The molecule has 0 N–H and O–H groups in total. The van der Waals surface area contributed by atoms with Crippen LogP contribution >= 0.6 is 0 Å². The topological polar surface area (TPSA) is 47.9 Å². The zero-order chi connectivity index (χ0) is 11.5. The van der Waals surface area contributed by atoms with Crippen LogP contribution in [0.4, 0.5) is 0 Å². The lowest BCUT2D eigenvalue weighted by molar-refractivity contribution is -0.134. The van der Waals surface area contributed by atoms with Crippen LogP contribution in [0.2, 0.25) is 0 Å². The maximum atomic E-state index is 10.9. The number of hydrogen-bond acceptors (Lipinski definition) is 4. The Morgan fingerprint density at radius 1 is 1.62 bits per heavy atom. The van der Waals surface area contributed by atoms with Crippen molar-refractivity contribution in [2.75, 3.05) is 7.11 Å². The smallest absolute Gasteiger partial charge is 0.330 e. The first kappa shape index (κ1) is 10.7. The normalized spacial score (nSPS) is 23.1. The van der Waals surface area contributed by atoms with Gasteiger partial charge in [0.2, 0.25) is 5.90 Å². The SMILES string of the molecule is COC(=O)/C=C/C1=NC2CC(C)=CC=C2O1. The van der Waals surface area contributed by atoms with Gasteiger partial charge in [-0.25, -0.2) is 9.79 Å². The molecule has 1 heterocycles. The highest BCUT2D eigenvalue weighted by Crippen LogP contribution is 2.27. The van der Waals surface area contributed by atoms with Crippen LogP contribution in [0.25, 0.3) is 0 Å². The van der Waals surface area contributed by atoms with Gasteiger partial charge in [0.1, 0.15) is 11.8 Å². The van der Waals surface area contributed by atoms with Crippen molar-refractivity contribution in [3.05, 3.63) is 35.6 Å². The van der Waals surface area contributed by atoms with Crippen molar-refractivity contribution in [1.29, 1.82) is 0 Å². The lowest BCUT2D eigenvalue weighted by Gasteiger charge is -2.11.